The summed E-state index contributed by atoms with van der Waals surface area (Å²) in [6, 6.07) is 0. The van der Waals surface area contributed by atoms with Gasteiger partial charge in [0.1, 0.15) is 13.2 Å². The Morgan fingerprint density at radius 3 is 1.14 bits per heavy atom. The van der Waals surface area contributed by atoms with E-state index in [1.165, 1.54) is 0 Å². The molecule has 2 unspecified atom stereocenters. The summed E-state index contributed by atoms with van der Waals surface area (Å²) in [5, 5.41) is 36.2. The van der Waals surface area contributed by atoms with Crippen LogP contribution in [0.25, 0.3) is 0 Å². The minimum Gasteiger partial charge on any atom is -0.278 e. The first kappa shape index (κ1) is 26.0. The quantitative estimate of drug-likeness (QED) is 0.0872. The molecule has 0 saturated heterocycles. The maximum atomic E-state index is 13.8. The van der Waals surface area contributed by atoms with Crippen molar-refractivity contribution in [3.8, 4) is 0 Å². The molecule has 0 aromatic heterocycles. The summed E-state index contributed by atoms with van der Waals surface area (Å²) in [5.41, 5.74) is -4.52. The maximum Gasteiger partial charge on any atom is 0.542 e. The van der Waals surface area contributed by atoms with Gasteiger partial charge in [0.2, 0.25) is 5.66 Å². The van der Waals surface area contributed by atoms with Gasteiger partial charge in [-0.1, -0.05) is 17.9 Å². The van der Waals surface area contributed by atoms with Crippen LogP contribution in [0, 0.1) is 40.5 Å². The van der Waals surface area contributed by atoms with Gasteiger partial charge in [-0.05, 0) is 0 Å². The van der Waals surface area contributed by atoms with Crippen molar-refractivity contribution in [2.75, 3.05) is 26.3 Å². The second kappa shape index (κ2) is 9.48. The van der Waals surface area contributed by atoms with Crippen molar-refractivity contribution >= 4 is 0 Å². The molecule has 29 heavy (non-hydrogen) atoms. The predicted octanol–water partition coefficient (Wildman–Crippen LogP) is 0.211. The Hall–Kier alpha value is -2.98. The maximum absolute atomic E-state index is 13.8. The Morgan fingerprint density at radius 2 is 0.966 bits per heavy atom. The number of hydrogen-bond donors (Lipinski definition) is 0. The van der Waals surface area contributed by atoms with Gasteiger partial charge in [0.25, 0.3) is 0 Å². The number of alkyl halides is 2. The summed E-state index contributed by atoms with van der Waals surface area (Å²) >= 11 is 0. The molecular formula is C7H8F6N6O10. The molecule has 0 spiro atoms. The summed E-state index contributed by atoms with van der Waals surface area (Å²) < 4.78 is 86.6. The number of hydrogen-bond acceptors (Lipinski definition) is 12. The molecule has 0 fully saturated rings. The van der Waals surface area contributed by atoms with Gasteiger partial charge in [-0.2, -0.15) is 0 Å². The lowest BCUT2D eigenvalue weighted by Crippen LogP contribution is -2.60. The van der Waals surface area contributed by atoms with Crippen LogP contribution in [0.3, 0.4) is 0 Å². The van der Waals surface area contributed by atoms with E-state index in [1.807, 2.05) is 0 Å². The van der Waals surface area contributed by atoms with Crippen LogP contribution in [-0.4, -0.2) is 74.3 Å². The van der Waals surface area contributed by atoms with Crippen LogP contribution in [0.5, 0.6) is 0 Å². The molecule has 0 N–H and O–H groups in total. The molecule has 0 saturated carbocycles. The molecule has 0 aromatic rings. The standard InChI is InChI=1S/C7H8F6N6O10/c8-6(18(24)25,1-14(20)21)28-3-5(16(10)11,17(12)13)4-29-7(9,19(26)27)2-15(22)23/h1-4H2. The number of nitro groups is 4. The van der Waals surface area contributed by atoms with Crippen molar-refractivity contribution in [3.63, 3.8) is 0 Å². The van der Waals surface area contributed by atoms with Crippen LogP contribution < -0.4 is 0 Å². The van der Waals surface area contributed by atoms with Crippen molar-refractivity contribution in [2.45, 2.75) is 17.6 Å². The molecule has 168 valence electrons. The van der Waals surface area contributed by atoms with Crippen LogP contribution >= 0.6 is 0 Å². The van der Waals surface area contributed by atoms with E-state index in [1.54, 1.807) is 0 Å². The third-order valence-corrected chi connectivity index (χ3v) is 2.87. The smallest absolute Gasteiger partial charge is 0.278 e. The SMILES string of the molecule is O=[N+]([O-])CC(F)(OCC(COC(F)(C[N+](=O)[O-])[N+](=O)[O-])(N(F)F)N(F)F)[N+](=O)[O-]. The second-order valence-electron chi connectivity index (χ2n) is 4.90. The minimum atomic E-state index is -4.63. The van der Waals surface area contributed by atoms with Gasteiger partial charge in [-0.15, -0.1) is 8.78 Å². The Bertz CT molecular complexity index is 603. The highest BCUT2D eigenvalue weighted by Crippen LogP contribution is 2.30. The molecule has 0 heterocycles. The molecule has 0 aliphatic rings. The molecule has 0 aliphatic carbocycles. The largest absolute Gasteiger partial charge is 0.542 e. The minimum absolute atomic E-state index is 1.71. The third-order valence-electron chi connectivity index (χ3n) is 2.87. The van der Waals surface area contributed by atoms with Crippen molar-refractivity contribution in [1.82, 2.24) is 10.7 Å². The molecule has 2 atom stereocenters. The number of halogens is 6. The Labute approximate surface area is 152 Å². The molecular weight excluding hydrogens is 442 g/mol. The zero-order chi connectivity index (χ0) is 23.2. The van der Waals surface area contributed by atoms with Crippen LogP contribution in [0.4, 0.5) is 26.7 Å². The van der Waals surface area contributed by atoms with Gasteiger partial charge >= 0.3 is 25.0 Å². The van der Waals surface area contributed by atoms with Crippen LogP contribution in [-0.2, 0) is 9.47 Å². The van der Waals surface area contributed by atoms with E-state index >= 15 is 0 Å². The molecule has 0 aromatic carbocycles. The highest BCUT2D eigenvalue weighted by molar-refractivity contribution is 4.79. The monoisotopic (exact) mass is 450 g/mol. The summed E-state index contributed by atoms with van der Waals surface area (Å²) in [7, 11) is 0. The summed E-state index contributed by atoms with van der Waals surface area (Å²) in [5.74, 6) is -9.25. The van der Waals surface area contributed by atoms with Gasteiger partial charge < -0.3 is 0 Å². The predicted molar refractivity (Wildman–Crippen MR) is 68.1 cm³/mol. The van der Waals surface area contributed by atoms with E-state index in [4.69, 9.17) is 0 Å². The fraction of sp³-hybridized carbons (Fsp3) is 1.00. The molecule has 0 bridgehead atoms. The fourth-order valence-corrected chi connectivity index (χ4v) is 1.38. The summed E-state index contributed by atoms with van der Waals surface area (Å²) in [4.78, 5) is 33.6. The molecule has 0 rings (SSSR count). The van der Waals surface area contributed by atoms with Crippen LogP contribution in [0.15, 0.2) is 0 Å². The molecule has 0 amide bonds. The summed E-state index contributed by atoms with van der Waals surface area (Å²) in [6.07, 6.45) is 0. The number of nitrogens with zero attached hydrogens (tertiary/aromatic N) is 6. The highest BCUT2D eigenvalue weighted by Gasteiger charge is 2.60. The lowest BCUT2D eigenvalue weighted by molar-refractivity contribution is -0.715. The van der Waals surface area contributed by atoms with E-state index in [2.05, 4.69) is 9.47 Å². The fourth-order valence-electron chi connectivity index (χ4n) is 1.38. The van der Waals surface area contributed by atoms with Crippen molar-refractivity contribution in [3.05, 3.63) is 40.5 Å². The van der Waals surface area contributed by atoms with E-state index in [0.717, 1.165) is 0 Å². The highest BCUT2D eigenvalue weighted by atomic mass is 19.4. The zero-order valence-corrected chi connectivity index (χ0v) is 13.4. The molecule has 22 heteroatoms. The van der Waals surface area contributed by atoms with Crippen LogP contribution in [0.2, 0.25) is 0 Å². The van der Waals surface area contributed by atoms with Crippen molar-refractivity contribution < 1.29 is 55.9 Å². The van der Waals surface area contributed by atoms with E-state index in [9.17, 15) is 67.2 Å². The first-order valence-corrected chi connectivity index (χ1v) is 6.44. The van der Waals surface area contributed by atoms with Gasteiger partial charge in [-0.25, -0.2) is 0 Å². The molecule has 0 radical (unpaired) electrons. The average Bonchev–Trinajstić information content (AvgIpc) is 2.52. The Morgan fingerprint density at radius 1 is 0.690 bits per heavy atom. The zero-order valence-electron chi connectivity index (χ0n) is 13.4. The van der Waals surface area contributed by atoms with Gasteiger partial charge in [-0.3, -0.25) is 49.9 Å². The Kier molecular flexibility index (Phi) is 8.51. The first-order valence-electron chi connectivity index (χ1n) is 6.44. The van der Waals surface area contributed by atoms with Crippen molar-refractivity contribution in [1.29, 1.82) is 0 Å². The van der Waals surface area contributed by atoms with Gasteiger partial charge in [0, 0.05) is 9.85 Å². The topological polar surface area (TPSA) is 198 Å². The van der Waals surface area contributed by atoms with E-state index in [0.29, 0.717) is 0 Å². The van der Waals surface area contributed by atoms with Gasteiger partial charge in [0.15, 0.2) is 0 Å². The number of ether oxygens (including phenoxy) is 2. The Balaban J connectivity index is 5.81. The second-order valence-corrected chi connectivity index (χ2v) is 4.90. The third kappa shape index (κ3) is 6.54. The number of rotatable bonds is 14. The van der Waals surface area contributed by atoms with Gasteiger partial charge in [0.05, 0.1) is 20.5 Å². The lowest BCUT2D eigenvalue weighted by Gasteiger charge is -2.32. The lowest BCUT2D eigenvalue weighted by atomic mass is 10.2. The molecule has 0 aliphatic heterocycles. The normalized spacial score (nSPS) is 16.3. The van der Waals surface area contributed by atoms with Crippen LogP contribution in [0.1, 0.15) is 0 Å². The first-order chi connectivity index (χ1) is 13.0. The van der Waals surface area contributed by atoms with E-state index < -0.39 is 74.3 Å². The van der Waals surface area contributed by atoms with E-state index in [-0.39, 0.29) is 0 Å². The summed E-state index contributed by atoms with van der Waals surface area (Å²) in [6.45, 7) is -9.83. The molecule has 16 nitrogen and oxygen atoms in total. The average molecular weight is 450 g/mol. The van der Waals surface area contributed by atoms with Crippen molar-refractivity contribution in [2.24, 2.45) is 0 Å².